The third-order valence-corrected chi connectivity index (χ3v) is 3.05. The molecule has 0 amide bonds. The molecular formula is C15H18FNO. The maximum atomic E-state index is 14.2. The summed E-state index contributed by atoms with van der Waals surface area (Å²) >= 11 is 0. The number of nitrogens with zero attached hydrogens (tertiary/aromatic N) is 1. The molecule has 0 aromatic heterocycles. The molecule has 2 nitrogen and oxygen atoms in total. The second kappa shape index (κ2) is 5.77. The van der Waals surface area contributed by atoms with Gasteiger partial charge in [-0.25, -0.2) is 4.39 Å². The second-order valence-corrected chi connectivity index (χ2v) is 5.01. The predicted octanol–water partition coefficient (Wildman–Crippen LogP) is 3.69. The topological polar surface area (TPSA) is 40.9 Å². The molecule has 0 heterocycles. The minimum atomic E-state index is -0.478. The zero-order valence-electron chi connectivity index (χ0n) is 11.2. The van der Waals surface area contributed by atoms with Gasteiger partial charge in [-0.1, -0.05) is 27.7 Å². The van der Waals surface area contributed by atoms with Gasteiger partial charge in [0.15, 0.2) is 0 Å². The van der Waals surface area contributed by atoms with Crippen molar-refractivity contribution in [2.24, 2.45) is 0 Å². The number of nitriles is 1. The van der Waals surface area contributed by atoms with Crippen LogP contribution < -0.4 is 0 Å². The van der Waals surface area contributed by atoms with Crippen molar-refractivity contribution in [3.8, 4) is 6.07 Å². The van der Waals surface area contributed by atoms with Gasteiger partial charge in [0.2, 0.25) is 0 Å². The molecule has 0 fully saturated rings. The summed E-state index contributed by atoms with van der Waals surface area (Å²) in [5.41, 5.74) is 2.21. The Hall–Kier alpha value is -1.69. The van der Waals surface area contributed by atoms with E-state index in [1.807, 2.05) is 33.8 Å². The lowest BCUT2D eigenvalue weighted by Gasteiger charge is -2.20. The molecule has 18 heavy (non-hydrogen) atoms. The number of hydrogen-bond donors (Lipinski definition) is 0. The lowest BCUT2D eigenvalue weighted by molar-refractivity contribution is -0.107. The summed E-state index contributed by atoms with van der Waals surface area (Å²) in [4.78, 5) is 10.8. The summed E-state index contributed by atoms with van der Waals surface area (Å²) in [6.45, 7) is 7.70. The third kappa shape index (κ3) is 2.59. The molecule has 0 aliphatic heterocycles. The number of halogens is 1. The molecule has 1 aromatic rings. The van der Waals surface area contributed by atoms with Crippen LogP contribution in [-0.4, -0.2) is 6.29 Å². The van der Waals surface area contributed by atoms with Gasteiger partial charge in [-0.3, -0.25) is 0 Å². The van der Waals surface area contributed by atoms with Crippen LogP contribution in [0.25, 0.3) is 0 Å². The summed E-state index contributed by atoms with van der Waals surface area (Å²) in [6, 6.07) is 3.47. The Morgan fingerprint density at radius 1 is 1.33 bits per heavy atom. The first-order valence-corrected chi connectivity index (χ1v) is 6.12. The standard InChI is InChI=1S/C15H18FNO/c1-9(2)13-7-11(8-17)15(16)14(10(3)4)12(13)5-6-18/h6-7,9-10H,5H2,1-4H3. The molecule has 0 saturated heterocycles. The van der Waals surface area contributed by atoms with Gasteiger partial charge in [-0.2, -0.15) is 5.26 Å². The van der Waals surface area contributed by atoms with Crippen LogP contribution in [0.5, 0.6) is 0 Å². The number of carbonyl (C=O) groups excluding carboxylic acids is 1. The summed E-state index contributed by atoms with van der Waals surface area (Å²) in [5, 5.41) is 8.99. The van der Waals surface area contributed by atoms with E-state index in [4.69, 9.17) is 5.26 Å². The normalized spacial score (nSPS) is 10.8. The van der Waals surface area contributed by atoms with E-state index in [2.05, 4.69) is 0 Å². The minimum Gasteiger partial charge on any atom is -0.303 e. The average Bonchev–Trinajstić information content (AvgIpc) is 2.28. The van der Waals surface area contributed by atoms with Crippen molar-refractivity contribution in [3.63, 3.8) is 0 Å². The largest absolute Gasteiger partial charge is 0.303 e. The number of aldehydes is 1. The van der Waals surface area contributed by atoms with Gasteiger partial charge < -0.3 is 4.79 Å². The summed E-state index contributed by atoms with van der Waals surface area (Å²) in [6.07, 6.45) is 0.988. The van der Waals surface area contributed by atoms with E-state index in [0.29, 0.717) is 5.56 Å². The maximum Gasteiger partial charge on any atom is 0.144 e. The fraction of sp³-hybridized carbons (Fsp3) is 0.467. The smallest absolute Gasteiger partial charge is 0.144 e. The Balaban J connectivity index is 3.67. The van der Waals surface area contributed by atoms with Crippen molar-refractivity contribution in [1.29, 1.82) is 5.26 Å². The maximum absolute atomic E-state index is 14.2. The van der Waals surface area contributed by atoms with E-state index in [1.165, 1.54) is 0 Å². The van der Waals surface area contributed by atoms with Crippen LogP contribution in [0, 0.1) is 17.1 Å². The van der Waals surface area contributed by atoms with E-state index >= 15 is 0 Å². The van der Waals surface area contributed by atoms with Crippen LogP contribution in [0.15, 0.2) is 6.07 Å². The molecule has 0 saturated carbocycles. The third-order valence-electron chi connectivity index (χ3n) is 3.05. The minimum absolute atomic E-state index is 0.0502. The van der Waals surface area contributed by atoms with Crippen molar-refractivity contribution in [2.75, 3.05) is 0 Å². The average molecular weight is 247 g/mol. The van der Waals surface area contributed by atoms with Gasteiger partial charge in [0.25, 0.3) is 0 Å². The lowest BCUT2D eigenvalue weighted by atomic mass is 9.85. The fourth-order valence-electron chi connectivity index (χ4n) is 2.25. The molecule has 0 aliphatic rings. The van der Waals surface area contributed by atoms with Gasteiger partial charge in [0, 0.05) is 6.42 Å². The first-order chi connectivity index (χ1) is 8.43. The van der Waals surface area contributed by atoms with Gasteiger partial charge in [0.05, 0.1) is 5.56 Å². The van der Waals surface area contributed by atoms with E-state index in [0.717, 1.165) is 17.4 Å². The van der Waals surface area contributed by atoms with E-state index in [-0.39, 0.29) is 23.8 Å². The predicted molar refractivity (Wildman–Crippen MR) is 69.1 cm³/mol. The van der Waals surface area contributed by atoms with E-state index < -0.39 is 5.82 Å². The molecule has 1 aromatic carbocycles. The van der Waals surface area contributed by atoms with E-state index in [1.54, 1.807) is 6.07 Å². The van der Waals surface area contributed by atoms with Gasteiger partial charge in [-0.15, -0.1) is 0 Å². The second-order valence-electron chi connectivity index (χ2n) is 5.01. The molecule has 0 radical (unpaired) electrons. The van der Waals surface area contributed by atoms with Gasteiger partial charge in [0.1, 0.15) is 18.2 Å². The molecule has 0 N–H and O–H groups in total. The van der Waals surface area contributed by atoms with Crippen molar-refractivity contribution >= 4 is 6.29 Å². The van der Waals surface area contributed by atoms with Gasteiger partial charge >= 0.3 is 0 Å². The van der Waals surface area contributed by atoms with E-state index in [9.17, 15) is 9.18 Å². The number of rotatable bonds is 4. The number of benzene rings is 1. The number of hydrogen-bond acceptors (Lipinski definition) is 2. The SMILES string of the molecule is CC(C)c1cc(C#N)c(F)c(C(C)C)c1CC=O. The Bertz CT molecular complexity index is 498. The highest BCUT2D eigenvalue weighted by atomic mass is 19.1. The molecule has 0 atom stereocenters. The molecule has 0 bridgehead atoms. The van der Waals surface area contributed by atoms with Crippen LogP contribution in [-0.2, 0) is 11.2 Å². The Labute approximate surface area is 107 Å². The van der Waals surface area contributed by atoms with Crippen molar-refractivity contribution in [3.05, 3.63) is 34.1 Å². The monoisotopic (exact) mass is 247 g/mol. The molecule has 0 aliphatic carbocycles. The molecule has 0 spiro atoms. The Morgan fingerprint density at radius 3 is 2.33 bits per heavy atom. The summed E-state index contributed by atoms with van der Waals surface area (Å²) in [7, 11) is 0. The van der Waals surface area contributed by atoms with Crippen LogP contribution in [0.3, 0.4) is 0 Å². The van der Waals surface area contributed by atoms with Crippen LogP contribution in [0.1, 0.15) is 61.8 Å². The van der Waals surface area contributed by atoms with Crippen LogP contribution in [0.4, 0.5) is 4.39 Å². The van der Waals surface area contributed by atoms with Crippen LogP contribution >= 0.6 is 0 Å². The molecular weight excluding hydrogens is 229 g/mol. The van der Waals surface area contributed by atoms with Crippen molar-refractivity contribution in [2.45, 2.75) is 46.0 Å². The Kier molecular flexibility index (Phi) is 4.61. The lowest BCUT2D eigenvalue weighted by Crippen LogP contribution is -2.09. The first-order valence-electron chi connectivity index (χ1n) is 6.12. The van der Waals surface area contributed by atoms with Crippen molar-refractivity contribution in [1.82, 2.24) is 0 Å². The van der Waals surface area contributed by atoms with Crippen LogP contribution in [0.2, 0.25) is 0 Å². The highest BCUT2D eigenvalue weighted by Crippen LogP contribution is 2.32. The molecule has 96 valence electrons. The first kappa shape index (κ1) is 14.4. The molecule has 3 heteroatoms. The van der Waals surface area contributed by atoms with Gasteiger partial charge in [-0.05, 0) is 34.6 Å². The zero-order valence-corrected chi connectivity index (χ0v) is 11.2. The fourth-order valence-corrected chi connectivity index (χ4v) is 2.25. The van der Waals surface area contributed by atoms with Crippen molar-refractivity contribution < 1.29 is 9.18 Å². The zero-order chi connectivity index (χ0) is 13.9. The quantitative estimate of drug-likeness (QED) is 0.761. The Morgan fingerprint density at radius 2 is 1.94 bits per heavy atom. The highest BCUT2D eigenvalue weighted by molar-refractivity contribution is 5.60. The highest BCUT2D eigenvalue weighted by Gasteiger charge is 2.21. The summed E-state index contributed by atoms with van der Waals surface area (Å²) in [5.74, 6) is -0.371. The number of carbonyl (C=O) groups is 1. The summed E-state index contributed by atoms with van der Waals surface area (Å²) < 4.78 is 14.2. The molecule has 0 unspecified atom stereocenters. The molecule has 1 rings (SSSR count).